The Morgan fingerprint density at radius 1 is 1.16 bits per heavy atom. The monoisotopic (exact) mass is 473 g/mol. The third-order valence-corrected chi connectivity index (χ3v) is 6.65. The number of thiazole rings is 1. The number of rotatable bonds is 4. The van der Waals surface area contributed by atoms with Gasteiger partial charge in [0.2, 0.25) is 5.89 Å². The highest BCUT2D eigenvalue weighted by atomic mass is 32.2. The summed E-state index contributed by atoms with van der Waals surface area (Å²) in [6.07, 6.45) is 6.77. The molecule has 166 valence electrons. The second-order valence-electron chi connectivity index (χ2n) is 7.94. The Morgan fingerprint density at radius 3 is 2.66 bits per heavy atom. The van der Waals surface area contributed by atoms with Crippen molar-refractivity contribution < 1.29 is 22.4 Å². The van der Waals surface area contributed by atoms with Crippen molar-refractivity contribution >= 4 is 56.3 Å². The van der Waals surface area contributed by atoms with Gasteiger partial charge in [-0.1, -0.05) is 32.1 Å². The summed E-state index contributed by atoms with van der Waals surface area (Å²) in [5.74, 6) is 0.550. The third kappa shape index (κ3) is 4.55. The summed E-state index contributed by atoms with van der Waals surface area (Å²) < 4.78 is 31.4. The normalized spacial score (nSPS) is 14.9. The first-order valence-corrected chi connectivity index (χ1v) is 11.7. The van der Waals surface area contributed by atoms with Crippen molar-refractivity contribution in [2.45, 2.75) is 31.1 Å². The fourth-order valence-corrected chi connectivity index (χ4v) is 4.70. The van der Waals surface area contributed by atoms with Crippen LogP contribution in [0.15, 0.2) is 39.9 Å². The maximum atomic E-state index is 12.3. The van der Waals surface area contributed by atoms with Crippen molar-refractivity contribution in [1.29, 1.82) is 0 Å². The van der Waals surface area contributed by atoms with E-state index in [2.05, 4.69) is 20.6 Å². The molecule has 3 N–H and O–H groups in total. The van der Waals surface area contributed by atoms with Crippen LogP contribution in [0.3, 0.4) is 0 Å². The van der Waals surface area contributed by atoms with E-state index in [-0.39, 0.29) is 21.6 Å². The molecule has 1 aromatic carbocycles. The first-order chi connectivity index (χ1) is 15.0. The number of carbonyl (C=O) groups excluding carboxylic acids is 2. The van der Waals surface area contributed by atoms with Crippen molar-refractivity contribution in [2.75, 3.05) is 10.6 Å². The Balaban J connectivity index is 1.39. The highest BCUT2D eigenvalue weighted by Crippen LogP contribution is 2.27. The Labute approximate surface area is 187 Å². The van der Waals surface area contributed by atoms with Gasteiger partial charge in [-0.05, 0) is 24.3 Å². The molecule has 0 radical (unpaired) electrons. The number of aromatic nitrogens is 2. The number of urea groups is 1. The number of hydrogen-bond donors (Lipinski definition) is 3. The Morgan fingerprint density at radius 2 is 1.94 bits per heavy atom. The molecule has 0 saturated heterocycles. The number of hydrogen-bond acceptors (Lipinski definition) is 8. The van der Waals surface area contributed by atoms with Crippen LogP contribution in [0.2, 0.25) is 0 Å². The van der Waals surface area contributed by atoms with Crippen molar-refractivity contribution in [2.24, 2.45) is 0 Å². The molecule has 0 saturated carbocycles. The lowest BCUT2D eigenvalue weighted by Gasteiger charge is -2.12. The number of carbonyl (C=O) groups is 2. The van der Waals surface area contributed by atoms with E-state index in [1.807, 2.05) is 25.5 Å². The minimum Gasteiger partial charge on any atom is -0.441 e. The van der Waals surface area contributed by atoms with Crippen LogP contribution in [0.5, 0.6) is 0 Å². The summed E-state index contributed by atoms with van der Waals surface area (Å²) in [6.45, 7) is 6.10. The van der Waals surface area contributed by atoms with E-state index in [0.29, 0.717) is 11.0 Å². The fraction of sp³-hybridized carbons (Fsp3) is 0.200. The highest BCUT2D eigenvalue weighted by molar-refractivity contribution is 7.90. The quantitative estimate of drug-likeness (QED) is 0.524. The molecule has 10 nitrogen and oxygen atoms in total. The molecule has 0 spiro atoms. The summed E-state index contributed by atoms with van der Waals surface area (Å²) in [5, 5.41) is 5.45. The highest BCUT2D eigenvalue weighted by Gasteiger charge is 2.32. The lowest BCUT2D eigenvalue weighted by atomic mass is 9.94. The molecule has 3 heterocycles. The maximum Gasteiger partial charge on any atom is 0.325 e. The molecule has 1 aliphatic heterocycles. The molecule has 2 aromatic heterocycles. The van der Waals surface area contributed by atoms with E-state index >= 15 is 0 Å². The summed E-state index contributed by atoms with van der Waals surface area (Å²) in [4.78, 5) is 32.8. The van der Waals surface area contributed by atoms with E-state index in [4.69, 9.17) is 4.42 Å². The van der Waals surface area contributed by atoms with E-state index in [9.17, 15) is 18.0 Å². The first-order valence-electron chi connectivity index (χ1n) is 9.41. The van der Waals surface area contributed by atoms with E-state index in [0.717, 1.165) is 10.6 Å². The average Bonchev–Trinajstić information content (AvgIpc) is 3.39. The van der Waals surface area contributed by atoms with Gasteiger partial charge in [0.1, 0.15) is 10.7 Å². The van der Waals surface area contributed by atoms with Crippen LogP contribution in [0.1, 0.15) is 47.7 Å². The largest absolute Gasteiger partial charge is 0.441 e. The molecular weight excluding hydrogens is 454 g/mol. The topological polar surface area (TPSA) is 143 Å². The zero-order valence-corrected chi connectivity index (χ0v) is 18.9. The van der Waals surface area contributed by atoms with Gasteiger partial charge < -0.3 is 9.73 Å². The summed E-state index contributed by atoms with van der Waals surface area (Å²) in [6, 6.07) is 3.40. The van der Waals surface area contributed by atoms with Crippen molar-refractivity contribution in [1.82, 2.24) is 14.7 Å². The zero-order chi connectivity index (χ0) is 23.1. The zero-order valence-electron chi connectivity index (χ0n) is 17.3. The van der Waals surface area contributed by atoms with Crippen LogP contribution in [-0.4, -0.2) is 30.3 Å². The fourth-order valence-electron chi connectivity index (χ4n) is 2.79. The second kappa shape index (κ2) is 7.88. The minimum atomic E-state index is -3.91. The van der Waals surface area contributed by atoms with Crippen LogP contribution in [0.25, 0.3) is 12.2 Å². The smallest absolute Gasteiger partial charge is 0.325 e. The van der Waals surface area contributed by atoms with Gasteiger partial charge in [0.05, 0.1) is 11.8 Å². The molecule has 3 amide bonds. The maximum absolute atomic E-state index is 12.3. The lowest BCUT2D eigenvalue weighted by Crippen LogP contribution is -2.21. The Hall–Kier alpha value is -3.51. The lowest BCUT2D eigenvalue weighted by molar-refractivity contribution is 0.0985. The SMILES string of the molecule is CC(C)(C)c1cnc(C=Cc2cnc(NC(=O)Nc3ccc4c(c3)S(=O)(=O)NC4=O)s2)o1. The molecule has 0 unspecified atom stereocenters. The van der Waals surface area contributed by atoms with Gasteiger partial charge in [-0.3, -0.25) is 10.1 Å². The van der Waals surface area contributed by atoms with Crippen LogP contribution in [0.4, 0.5) is 15.6 Å². The van der Waals surface area contributed by atoms with Gasteiger partial charge in [-0.2, -0.15) is 0 Å². The van der Waals surface area contributed by atoms with Gasteiger partial charge in [0.15, 0.2) is 5.13 Å². The number of nitrogens with zero attached hydrogens (tertiary/aromatic N) is 2. The minimum absolute atomic E-state index is 0.0352. The van der Waals surface area contributed by atoms with Gasteiger partial charge in [-0.25, -0.2) is 27.9 Å². The standard InChI is InChI=1S/C20H19N5O5S2/c1-20(2,3)15-10-21-16(30-15)7-5-12-9-22-19(31-12)24-18(27)23-11-4-6-13-14(8-11)32(28,29)25-17(13)26/h4-10H,1-3H3,(H,25,26)(H2,22,23,24,27). The van der Waals surface area contributed by atoms with Crippen LogP contribution < -0.4 is 15.4 Å². The molecule has 32 heavy (non-hydrogen) atoms. The van der Waals surface area contributed by atoms with Crippen molar-refractivity contribution in [3.05, 3.63) is 52.7 Å². The molecule has 0 aliphatic carbocycles. The van der Waals surface area contributed by atoms with Gasteiger partial charge in [0.25, 0.3) is 15.9 Å². The van der Waals surface area contributed by atoms with Gasteiger partial charge >= 0.3 is 6.03 Å². The molecule has 0 fully saturated rings. The van der Waals surface area contributed by atoms with E-state index in [1.165, 1.54) is 29.5 Å². The number of anilines is 2. The summed E-state index contributed by atoms with van der Waals surface area (Å²) in [7, 11) is -3.91. The predicted molar refractivity (Wildman–Crippen MR) is 120 cm³/mol. The van der Waals surface area contributed by atoms with Crippen LogP contribution in [-0.2, 0) is 15.4 Å². The Bertz CT molecular complexity index is 1350. The van der Waals surface area contributed by atoms with Crippen molar-refractivity contribution in [3.63, 3.8) is 0 Å². The molecule has 1 aliphatic rings. The molecule has 12 heteroatoms. The van der Waals surface area contributed by atoms with Crippen LogP contribution in [0, 0.1) is 0 Å². The summed E-state index contributed by atoms with van der Waals surface area (Å²) >= 11 is 1.23. The van der Waals surface area contributed by atoms with Crippen molar-refractivity contribution in [3.8, 4) is 0 Å². The Kier molecular flexibility index (Phi) is 5.34. The van der Waals surface area contributed by atoms with E-state index in [1.54, 1.807) is 24.5 Å². The molecular formula is C20H19N5O5S2. The number of fused-ring (bicyclic) bond motifs is 1. The molecule has 4 rings (SSSR count). The second-order valence-corrected chi connectivity index (χ2v) is 10.7. The molecule has 3 aromatic rings. The number of nitrogens with one attached hydrogen (secondary N) is 3. The number of benzene rings is 1. The number of oxazole rings is 1. The predicted octanol–water partition coefficient (Wildman–Crippen LogP) is 3.68. The van der Waals surface area contributed by atoms with Gasteiger partial charge in [0, 0.05) is 28.3 Å². The van der Waals surface area contributed by atoms with Gasteiger partial charge in [-0.15, -0.1) is 0 Å². The number of sulfonamides is 1. The first kappa shape index (κ1) is 21.7. The molecule has 0 bridgehead atoms. The van der Waals surface area contributed by atoms with Crippen LogP contribution >= 0.6 is 11.3 Å². The van der Waals surface area contributed by atoms with E-state index < -0.39 is 22.0 Å². The summed E-state index contributed by atoms with van der Waals surface area (Å²) in [5.41, 5.74) is 0.118. The average molecular weight is 474 g/mol. The third-order valence-electron chi connectivity index (χ3n) is 4.40. The molecule has 0 atom stereocenters. The number of amides is 3.